The van der Waals surface area contributed by atoms with E-state index in [0.717, 1.165) is 0 Å². The van der Waals surface area contributed by atoms with E-state index in [1.165, 1.54) is 35.4 Å². The van der Waals surface area contributed by atoms with Gasteiger partial charge in [-0.2, -0.15) is 0 Å². The summed E-state index contributed by atoms with van der Waals surface area (Å²) in [6.07, 6.45) is 1.50. The molecule has 0 atom stereocenters. The van der Waals surface area contributed by atoms with E-state index in [1.54, 1.807) is 42.9 Å². The Bertz CT molecular complexity index is 1050. The summed E-state index contributed by atoms with van der Waals surface area (Å²) in [6, 6.07) is 12.5. The molecule has 0 aliphatic heterocycles. The molecule has 1 heterocycles. The van der Waals surface area contributed by atoms with Crippen molar-refractivity contribution in [3.05, 3.63) is 66.1 Å². The van der Waals surface area contributed by atoms with Crippen molar-refractivity contribution in [3.8, 4) is 0 Å². The van der Waals surface area contributed by atoms with E-state index >= 15 is 0 Å². The summed E-state index contributed by atoms with van der Waals surface area (Å²) >= 11 is 0. The number of aromatic nitrogens is 1. The highest BCUT2D eigenvalue weighted by atomic mass is 32.2. The molecule has 0 saturated carbocycles. The maximum atomic E-state index is 13.1. The highest BCUT2D eigenvalue weighted by molar-refractivity contribution is 7.90. The van der Waals surface area contributed by atoms with Gasteiger partial charge in [-0.3, -0.25) is 4.79 Å². The van der Waals surface area contributed by atoms with Crippen LogP contribution in [0.4, 0.5) is 4.39 Å². The lowest BCUT2D eigenvalue weighted by Crippen LogP contribution is -2.25. The minimum Gasteiger partial charge on any atom is -0.347 e. The van der Waals surface area contributed by atoms with Crippen molar-refractivity contribution in [2.75, 3.05) is 14.1 Å². The van der Waals surface area contributed by atoms with Gasteiger partial charge in [0.25, 0.3) is 0 Å². The van der Waals surface area contributed by atoms with Crippen molar-refractivity contribution in [3.63, 3.8) is 0 Å². The second-order valence-corrected chi connectivity index (χ2v) is 8.27. The molecule has 0 aliphatic carbocycles. The lowest BCUT2D eigenvalue weighted by atomic mass is 10.2. The average molecular weight is 374 g/mol. The normalized spacial score (nSPS) is 11.7. The number of amides is 1. The Morgan fingerprint density at radius 1 is 1.08 bits per heavy atom. The fraction of sp³-hybridized carbons (Fsp3) is 0.211. The predicted molar refractivity (Wildman–Crippen MR) is 97.9 cm³/mol. The van der Waals surface area contributed by atoms with Gasteiger partial charge in [0.15, 0.2) is 9.84 Å². The third kappa shape index (κ3) is 3.62. The largest absolute Gasteiger partial charge is 0.347 e. The average Bonchev–Trinajstić information content (AvgIpc) is 2.96. The monoisotopic (exact) mass is 374 g/mol. The summed E-state index contributed by atoms with van der Waals surface area (Å²) in [5, 5.41) is 0.571. The van der Waals surface area contributed by atoms with Crippen LogP contribution in [0.25, 0.3) is 10.9 Å². The van der Waals surface area contributed by atoms with Crippen LogP contribution in [0, 0.1) is 5.82 Å². The van der Waals surface area contributed by atoms with E-state index in [2.05, 4.69) is 0 Å². The van der Waals surface area contributed by atoms with Crippen LogP contribution in [-0.4, -0.2) is 37.9 Å². The SMILES string of the molecule is CN(C)C(=O)Cn1cc(S(=O)(=O)Cc2ccc(F)cc2)c2ccccc21. The number of likely N-dealkylation sites (N-methyl/N-ethyl adjacent to an activating group) is 1. The summed E-state index contributed by atoms with van der Waals surface area (Å²) in [6.45, 7) is 0.0551. The molecular weight excluding hydrogens is 355 g/mol. The summed E-state index contributed by atoms with van der Waals surface area (Å²) in [5.74, 6) is -0.777. The summed E-state index contributed by atoms with van der Waals surface area (Å²) in [7, 11) is -0.350. The van der Waals surface area contributed by atoms with E-state index in [0.29, 0.717) is 16.5 Å². The molecule has 26 heavy (non-hydrogen) atoms. The van der Waals surface area contributed by atoms with Crippen LogP contribution < -0.4 is 0 Å². The second kappa shape index (κ2) is 6.92. The standard InChI is InChI=1S/C19H19FN2O3S/c1-21(2)19(23)12-22-11-18(16-5-3-4-6-17(16)22)26(24,25)13-14-7-9-15(20)10-8-14/h3-11H,12-13H2,1-2H3. The number of hydrogen-bond donors (Lipinski definition) is 0. The van der Waals surface area contributed by atoms with E-state index in [9.17, 15) is 17.6 Å². The fourth-order valence-corrected chi connectivity index (χ4v) is 4.34. The fourth-order valence-electron chi connectivity index (χ4n) is 2.76. The molecular formula is C19H19FN2O3S. The first kappa shape index (κ1) is 18.1. The Morgan fingerprint density at radius 3 is 2.38 bits per heavy atom. The summed E-state index contributed by atoms with van der Waals surface area (Å²) in [5.41, 5.74) is 1.19. The second-order valence-electron chi connectivity index (χ2n) is 6.31. The molecule has 1 amide bonds. The zero-order valence-electron chi connectivity index (χ0n) is 14.5. The Balaban J connectivity index is 2.03. The number of benzene rings is 2. The van der Waals surface area contributed by atoms with Crippen LogP contribution >= 0.6 is 0 Å². The summed E-state index contributed by atoms with van der Waals surface area (Å²) in [4.78, 5) is 13.7. The molecule has 1 aromatic heterocycles. The van der Waals surface area contributed by atoms with Crippen molar-refractivity contribution < 1.29 is 17.6 Å². The van der Waals surface area contributed by atoms with Crippen molar-refractivity contribution in [1.29, 1.82) is 0 Å². The molecule has 2 aromatic carbocycles. The Labute approximate surface area is 151 Å². The topological polar surface area (TPSA) is 59.4 Å². The van der Waals surface area contributed by atoms with Crippen LogP contribution in [0.5, 0.6) is 0 Å². The van der Waals surface area contributed by atoms with Crippen molar-refractivity contribution in [2.45, 2.75) is 17.2 Å². The van der Waals surface area contributed by atoms with E-state index in [1.807, 2.05) is 0 Å². The van der Waals surface area contributed by atoms with Crippen LogP contribution in [0.1, 0.15) is 5.56 Å². The smallest absolute Gasteiger partial charge is 0.241 e. The Morgan fingerprint density at radius 2 is 1.73 bits per heavy atom. The molecule has 5 nitrogen and oxygen atoms in total. The van der Waals surface area contributed by atoms with Gasteiger partial charge in [0, 0.05) is 31.2 Å². The molecule has 136 valence electrons. The molecule has 0 fully saturated rings. The maximum Gasteiger partial charge on any atom is 0.241 e. The molecule has 0 unspecified atom stereocenters. The predicted octanol–water partition coefficient (Wildman–Crippen LogP) is 2.84. The third-order valence-corrected chi connectivity index (χ3v) is 5.87. The van der Waals surface area contributed by atoms with Gasteiger partial charge in [-0.25, -0.2) is 12.8 Å². The highest BCUT2D eigenvalue weighted by Gasteiger charge is 2.22. The molecule has 3 aromatic rings. The maximum absolute atomic E-state index is 13.1. The van der Waals surface area contributed by atoms with Crippen LogP contribution in [0.15, 0.2) is 59.6 Å². The number of carbonyl (C=O) groups is 1. The first-order chi connectivity index (χ1) is 12.3. The number of hydrogen-bond acceptors (Lipinski definition) is 3. The summed E-state index contributed by atoms with van der Waals surface area (Å²) < 4.78 is 40.6. The van der Waals surface area contributed by atoms with Gasteiger partial charge in [-0.05, 0) is 23.8 Å². The molecule has 7 heteroatoms. The van der Waals surface area contributed by atoms with Crippen LogP contribution in [0.2, 0.25) is 0 Å². The van der Waals surface area contributed by atoms with Gasteiger partial charge in [0.2, 0.25) is 5.91 Å². The zero-order valence-corrected chi connectivity index (χ0v) is 15.3. The molecule has 0 saturated heterocycles. The van der Waals surface area contributed by atoms with Crippen LogP contribution in [-0.2, 0) is 26.9 Å². The number of rotatable bonds is 5. The number of carbonyl (C=O) groups excluding carboxylic acids is 1. The molecule has 0 N–H and O–H groups in total. The number of sulfone groups is 1. The zero-order chi connectivity index (χ0) is 18.9. The first-order valence-corrected chi connectivity index (χ1v) is 9.68. The van der Waals surface area contributed by atoms with Gasteiger partial charge in [-0.1, -0.05) is 30.3 Å². The number of para-hydroxylation sites is 1. The molecule has 0 aliphatic rings. The van der Waals surface area contributed by atoms with E-state index in [-0.39, 0.29) is 23.1 Å². The molecule has 0 spiro atoms. The Kier molecular flexibility index (Phi) is 4.82. The number of halogens is 1. The van der Waals surface area contributed by atoms with Gasteiger partial charge in [-0.15, -0.1) is 0 Å². The third-order valence-electron chi connectivity index (χ3n) is 4.16. The molecule has 3 rings (SSSR count). The van der Waals surface area contributed by atoms with E-state index in [4.69, 9.17) is 0 Å². The van der Waals surface area contributed by atoms with Crippen molar-refractivity contribution in [1.82, 2.24) is 9.47 Å². The Hall–Kier alpha value is -2.67. The quantitative estimate of drug-likeness (QED) is 0.690. The molecule has 0 bridgehead atoms. The van der Waals surface area contributed by atoms with Gasteiger partial charge >= 0.3 is 0 Å². The first-order valence-electron chi connectivity index (χ1n) is 8.03. The lowest BCUT2D eigenvalue weighted by molar-refractivity contribution is -0.129. The minimum atomic E-state index is -3.66. The highest BCUT2D eigenvalue weighted by Crippen LogP contribution is 2.28. The van der Waals surface area contributed by atoms with Crippen molar-refractivity contribution >= 4 is 26.6 Å². The number of nitrogens with zero attached hydrogens (tertiary/aromatic N) is 2. The molecule has 0 radical (unpaired) electrons. The minimum absolute atomic E-state index is 0.0551. The lowest BCUT2D eigenvalue weighted by Gasteiger charge is -2.11. The van der Waals surface area contributed by atoms with Gasteiger partial charge in [0.1, 0.15) is 12.4 Å². The van der Waals surface area contributed by atoms with Crippen molar-refractivity contribution in [2.24, 2.45) is 0 Å². The van der Waals surface area contributed by atoms with Crippen LogP contribution in [0.3, 0.4) is 0 Å². The van der Waals surface area contributed by atoms with Gasteiger partial charge < -0.3 is 9.47 Å². The van der Waals surface area contributed by atoms with Gasteiger partial charge in [0.05, 0.1) is 10.6 Å². The van der Waals surface area contributed by atoms with E-state index < -0.39 is 15.7 Å². The number of fused-ring (bicyclic) bond motifs is 1.